The van der Waals surface area contributed by atoms with Gasteiger partial charge in [0.05, 0.1) is 13.0 Å². The molecule has 1 atom stereocenters. The number of piperidine rings is 1. The first-order valence-corrected chi connectivity index (χ1v) is 7.94. The van der Waals surface area contributed by atoms with E-state index in [0.29, 0.717) is 18.9 Å². The molecule has 122 valence electrons. The molecule has 1 unspecified atom stereocenters. The van der Waals surface area contributed by atoms with E-state index in [1.54, 1.807) is 7.11 Å². The highest BCUT2D eigenvalue weighted by Crippen LogP contribution is 2.28. The summed E-state index contributed by atoms with van der Waals surface area (Å²) in [6, 6.07) is 4.24. The fourth-order valence-electron chi connectivity index (χ4n) is 2.94. The maximum Gasteiger partial charge on any atom is 0.224 e. The Balaban J connectivity index is 2.10. The summed E-state index contributed by atoms with van der Waals surface area (Å²) in [4.78, 5) is 21.0. The second-order valence-electron chi connectivity index (χ2n) is 6.21. The lowest BCUT2D eigenvalue weighted by Crippen LogP contribution is -2.39. The Morgan fingerprint density at radius 1 is 1.45 bits per heavy atom. The van der Waals surface area contributed by atoms with Gasteiger partial charge in [0.25, 0.3) is 0 Å². The van der Waals surface area contributed by atoms with Gasteiger partial charge >= 0.3 is 0 Å². The molecule has 0 spiro atoms. The van der Waals surface area contributed by atoms with Crippen LogP contribution in [0.4, 0.5) is 5.69 Å². The number of rotatable bonds is 5. The number of aryl methyl sites for hydroxylation is 1. The summed E-state index contributed by atoms with van der Waals surface area (Å²) in [5.41, 5.74) is 3.31. The van der Waals surface area contributed by atoms with Gasteiger partial charge < -0.3 is 14.5 Å². The molecule has 1 amide bonds. The first-order chi connectivity index (χ1) is 10.5. The van der Waals surface area contributed by atoms with Gasteiger partial charge in [0.15, 0.2) is 0 Å². The van der Waals surface area contributed by atoms with Crippen molar-refractivity contribution in [3.05, 3.63) is 23.5 Å². The number of likely N-dealkylation sites (tertiary alicyclic amines) is 1. The number of amides is 1. The summed E-state index contributed by atoms with van der Waals surface area (Å²) in [6.07, 6.45) is 2.60. The predicted molar refractivity (Wildman–Crippen MR) is 88.3 cm³/mol. The van der Waals surface area contributed by atoms with Crippen LogP contribution in [0.15, 0.2) is 12.1 Å². The Morgan fingerprint density at radius 3 is 2.91 bits per heavy atom. The van der Waals surface area contributed by atoms with Crippen molar-refractivity contribution in [1.29, 1.82) is 0 Å². The minimum absolute atomic E-state index is 0.187. The molecule has 0 N–H and O–H groups in total. The van der Waals surface area contributed by atoms with Gasteiger partial charge in [-0.05, 0) is 31.9 Å². The molecule has 1 saturated heterocycles. The number of carbonyl (C=O) groups excluding carboxylic acids is 1. The van der Waals surface area contributed by atoms with Gasteiger partial charge in [0.1, 0.15) is 0 Å². The highest BCUT2D eigenvalue weighted by Gasteiger charge is 2.25. The van der Waals surface area contributed by atoms with E-state index in [9.17, 15) is 4.79 Å². The van der Waals surface area contributed by atoms with Crippen LogP contribution < -0.4 is 4.90 Å². The summed E-state index contributed by atoms with van der Waals surface area (Å²) >= 11 is 0. The monoisotopic (exact) mass is 305 g/mol. The van der Waals surface area contributed by atoms with Crippen LogP contribution in [0.25, 0.3) is 0 Å². The number of hydrogen-bond donors (Lipinski definition) is 0. The summed E-state index contributed by atoms with van der Waals surface area (Å²) in [6.45, 7) is 4.14. The van der Waals surface area contributed by atoms with Gasteiger partial charge in [-0.2, -0.15) is 0 Å². The van der Waals surface area contributed by atoms with Gasteiger partial charge in [0.2, 0.25) is 5.91 Å². The van der Waals surface area contributed by atoms with Crippen LogP contribution in [-0.4, -0.2) is 56.7 Å². The molecule has 0 aliphatic carbocycles. The Morgan fingerprint density at radius 2 is 2.23 bits per heavy atom. The number of anilines is 1. The topological polar surface area (TPSA) is 45.7 Å². The molecule has 1 fully saturated rings. The van der Waals surface area contributed by atoms with Gasteiger partial charge in [-0.3, -0.25) is 9.78 Å². The molecule has 0 aromatic carbocycles. The second kappa shape index (κ2) is 7.58. The Labute approximate surface area is 133 Å². The zero-order valence-electron chi connectivity index (χ0n) is 14.1. The first-order valence-electron chi connectivity index (χ1n) is 7.94. The van der Waals surface area contributed by atoms with E-state index in [1.165, 1.54) is 5.69 Å². The summed E-state index contributed by atoms with van der Waals surface area (Å²) in [7, 11) is 5.71. The average molecular weight is 305 g/mol. The minimum Gasteiger partial charge on any atom is -0.384 e. The lowest BCUT2D eigenvalue weighted by molar-refractivity contribution is -0.133. The van der Waals surface area contributed by atoms with Crippen LogP contribution >= 0.6 is 0 Å². The van der Waals surface area contributed by atoms with E-state index in [2.05, 4.69) is 17.0 Å². The van der Waals surface area contributed by atoms with E-state index in [-0.39, 0.29) is 5.91 Å². The van der Waals surface area contributed by atoms with Crippen molar-refractivity contribution in [1.82, 2.24) is 9.88 Å². The van der Waals surface area contributed by atoms with Crippen LogP contribution in [0.5, 0.6) is 0 Å². The largest absolute Gasteiger partial charge is 0.384 e. The van der Waals surface area contributed by atoms with Crippen molar-refractivity contribution in [2.75, 3.05) is 45.8 Å². The maximum atomic E-state index is 12.2. The first kappa shape index (κ1) is 16.7. The minimum atomic E-state index is 0.187. The van der Waals surface area contributed by atoms with Crippen molar-refractivity contribution in [2.24, 2.45) is 0 Å². The van der Waals surface area contributed by atoms with E-state index in [1.807, 2.05) is 25.9 Å². The number of aromatic nitrogens is 1. The Bertz CT molecular complexity index is 517. The molecule has 1 aliphatic rings. The lowest BCUT2D eigenvalue weighted by atomic mass is 9.93. The normalized spacial score (nSPS) is 18.4. The van der Waals surface area contributed by atoms with Crippen molar-refractivity contribution < 1.29 is 9.53 Å². The average Bonchev–Trinajstić information content (AvgIpc) is 2.52. The van der Waals surface area contributed by atoms with E-state index in [0.717, 1.165) is 37.3 Å². The highest BCUT2D eigenvalue weighted by molar-refractivity contribution is 5.76. The second-order valence-corrected chi connectivity index (χ2v) is 6.21. The smallest absolute Gasteiger partial charge is 0.224 e. The molecule has 1 aromatic heterocycles. The number of nitrogens with zero attached hydrogens (tertiary/aromatic N) is 3. The van der Waals surface area contributed by atoms with Gasteiger partial charge in [-0.1, -0.05) is 0 Å². The molecule has 0 saturated carbocycles. The lowest BCUT2D eigenvalue weighted by Gasteiger charge is -2.33. The van der Waals surface area contributed by atoms with Crippen LogP contribution in [0.1, 0.15) is 36.6 Å². The van der Waals surface area contributed by atoms with E-state index >= 15 is 0 Å². The highest BCUT2D eigenvalue weighted by atomic mass is 16.5. The van der Waals surface area contributed by atoms with E-state index < -0.39 is 0 Å². The van der Waals surface area contributed by atoms with Gasteiger partial charge in [-0.25, -0.2) is 0 Å². The van der Waals surface area contributed by atoms with Crippen LogP contribution in [-0.2, 0) is 9.53 Å². The molecule has 0 bridgehead atoms. The Kier molecular flexibility index (Phi) is 5.77. The molecule has 22 heavy (non-hydrogen) atoms. The third-order valence-electron chi connectivity index (χ3n) is 4.19. The maximum absolute atomic E-state index is 12.2. The molecule has 0 radical (unpaired) electrons. The molecule has 2 rings (SSSR count). The molecule has 5 nitrogen and oxygen atoms in total. The van der Waals surface area contributed by atoms with Crippen LogP contribution in [0.3, 0.4) is 0 Å². The number of methoxy groups -OCH3 is 1. The standard InChI is InChI=1S/C17H27N3O2/c1-13-10-15(19(2)3)11-16(18-13)14-6-5-8-20(12-14)17(21)7-9-22-4/h10-11,14H,5-9,12H2,1-4H3. The molecular weight excluding hydrogens is 278 g/mol. The summed E-state index contributed by atoms with van der Waals surface area (Å²) < 4.78 is 5.01. The third-order valence-corrected chi connectivity index (χ3v) is 4.19. The number of ether oxygens (including phenoxy) is 1. The quantitative estimate of drug-likeness (QED) is 0.836. The van der Waals surface area contributed by atoms with Crippen molar-refractivity contribution in [3.8, 4) is 0 Å². The zero-order chi connectivity index (χ0) is 16.1. The molecular formula is C17H27N3O2. The van der Waals surface area contributed by atoms with Crippen molar-refractivity contribution >= 4 is 11.6 Å². The van der Waals surface area contributed by atoms with E-state index in [4.69, 9.17) is 9.72 Å². The Hall–Kier alpha value is -1.62. The van der Waals surface area contributed by atoms with Crippen molar-refractivity contribution in [3.63, 3.8) is 0 Å². The summed E-state index contributed by atoms with van der Waals surface area (Å²) in [5.74, 6) is 0.519. The molecule has 5 heteroatoms. The zero-order valence-corrected chi connectivity index (χ0v) is 14.1. The number of pyridine rings is 1. The predicted octanol–water partition coefficient (Wildman–Crippen LogP) is 2.20. The van der Waals surface area contributed by atoms with Crippen LogP contribution in [0.2, 0.25) is 0 Å². The van der Waals surface area contributed by atoms with Gasteiger partial charge in [0, 0.05) is 57.3 Å². The SMILES string of the molecule is COCCC(=O)N1CCCC(c2cc(N(C)C)cc(C)n2)C1. The number of hydrogen-bond acceptors (Lipinski definition) is 4. The fraction of sp³-hybridized carbons (Fsp3) is 0.647. The molecule has 1 aromatic rings. The molecule has 1 aliphatic heterocycles. The van der Waals surface area contributed by atoms with Gasteiger partial charge in [-0.15, -0.1) is 0 Å². The number of carbonyl (C=O) groups is 1. The van der Waals surface area contributed by atoms with Crippen LogP contribution in [0, 0.1) is 6.92 Å². The summed E-state index contributed by atoms with van der Waals surface area (Å²) in [5, 5.41) is 0. The van der Waals surface area contributed by atoms with Crippen molar-refractivity contribution in [2.45, 2.75) is 32.1 Å². The third kappa shape index (κ3) is 4.19. The fourth-order valence-corrected chi connectivity index (χ4v) is 2.94. The molecule has 2 heterocycles.